The summed E-state index contributed by atoms with van der Waals surface area (Å²) >= 11 is 0. The molecular weight excluding hydrogens is 400 g/mol. The Labute approximate surface area is 183 Å². The molecular formula is C22H34N4O5. The molecule has 1 aliphatic rings. The molecule has 0 spiro atoms. The van der Waals surface area contributed by atoms with E-state index in [4.69, 9.17) is 4.74 Å². The van der Waals surface area contributed by atoms with Crippen LogP contribution < -0.4 is 16.0 Å². The molecule has 31 heavy (non-hydrogen) atoms. The Bertz CT molecular complexity index is 717. The van der Waals surface area contributed by atoms with Crippen LogP contribution in [0.5, 0.6) is 0 Å². The quantitative estimate of drug-likeness (QED) is 0.485. The van der Waals surface area contributed by atoms with Gasteiger partial charge in [0.1, 0.15) is 0 Å². The van der Waals surface area contributed by atoms with Gasteiger partial charge >= 0.3 is 12.0 Å². The van der Waals surface area contributed by atoms with Crippen molar-refractivity contribution in [1.29, 1.82) is 0 Å². The summed E-state index contributed by atoms with van der Waals surface area (Å²) in [6.45, 7) is 8.33. The summed E-state index contributed by atoms with van der Waals surface area (Å²) in [6.07, 6.45) is 1.12. The first-order valence-corrected chi connectivity index (χ1v) is 10.7. The van der Waals surface area contributed by atoms with Gasteiger partial charge in [0.25, 0.3) is 5.91 Å². The Kier molecular flexibility index (Phi) is 10.3. The summed E-state index contributed by atoms with van der Waals surface area (Å²) in [7, 11) is 1.30. The van der Waals surface area contributed by atoms with Gasteiger partial charge in [0.15, 0.2) is 0 Å². The van der Waals surface area contributed by atoms with Crippen molar-refractivity contribution in [3.63, 3.8) is 0 Å². The summed E-state index contributed by atoms with van der Waals surface area (Å²) in [5.41, 5.74) is 1.04. The fourth-order valence-corrected chi connectivity index (χ4v) is 3.42. The van der Waals surface area contributed by atoms with E-state index < -0.39 is 0 Å². The third-order valence-electron chi connectivity index (χ3n) is 5.05. The Balaban J connectivity index is 1.80. The van der Waals surface area contributed by atoms with Gasteiger partial charge in [-0.05, 0) is 36.6 Å². The smallest absolute Gasteiger partial charge is 0.319 e. The number of nitrogens with zero attached hydrogens (tertiary/aromatic N) is 1. The SMILES string of the molecule is COC(=O)CCNC(=O)c1ccc(NC(=O)NCC(CC(C)C)N2CCOCC2)cc1. The number of amides is 3. The minimum atomic E-state index is -0.380. The van der Waals surface area contributed by atoms with Crippen LogP contribution in [0.1, 0.15) is 37.0 Å². The lowest BCUT2D eigenvalue weighted by molar-refractivity contribution is -0.140. The lowest BCUT2D eigenvalue weighted by atomic mass is 10.0. The molecule has 0 aliphatic carbocycles. The van der Waals surface area contributed by atoms with Crippen molar-refractivity contribution in [3.8, 4) is 0 Å². The summed E-state index contributed by atoms with van der Waals surface area (Å²) in [5, 5.41) is 8.41. The Morgan fingerprint density at radius 1 is 1.10 bits per heavy atom. The maximum absolute atomic E-state index is 12.3. The van der Waals surface area contributed by atoms with E-state index in [1.165, 1.54) is 7.11 Å². The Hall–Kier alpha value is -2.65. The van der Waals surface area contributed by atoms with Gasteiger partial charge < -0.3 is 25.4 Å². The summed E-state index contributed by atoms with van der Waals surface area (Å²) in [6, 6.07) is 6.57. The molecule has 1 aliphatic heterocycles. The predicted molar refractivity (Wildman–Crippen MR) is 118 cm³/mol. The van der Waals surface area contributed by atoms with E-state index in [1.54, 1.807) is 24.3 Å². The molecule has 9 heteroatoms. The van der Waals surface area contributed by atoms with Gasteiger partial charge in [-0.25, -0.2) is 4.79 Å². The second-order valence-corrected chi connectivity index (χ2v) is 7.93. The van der Waals surface area contributed by atoms with Crippen molar-refractivity contribution in [2.24, 2.45) is 5.92 Å². The molecule has 0 saturated carbocycles. The topological polar surface area (TPSA) is 109 Å². The van der Waals surface area contributed by atoms with E-state index in [9.17, 15) is 14.4 Å². The normalized spacial score (nSPS) is 15.2. The molecule has 9 nitrogen and oxygen atoms in total. The second-order valence-electron chi connectivity index (χ2n) is 7.93. The number of esters is 1. The maximum Gasteiger partial charge on any atom is 0.319 e. The number of benzene rings is 1. The van der Waals surface area contributed by atoms with Gasteiger partial charge in [-0.2, -0.15) is 0 Å². The summed E-state index contributed by atoms with van der Waals surface area (Å²) in [4.78, 5) is 37.9. The van der Waals surface area contributed by atoms with Crippen molar-refractivity contribution in [3.05, 3.63) is 29.8 Å². The number of nitrogens with one attached hydrogen (secondary N) is 3. The van der Waals surface area contributed by atoms with E-state index in [0.29, 0.717) is 23.7 Å². The van der Waals surface area contributed by atoms with E-state index in [2.05, 4.69) is 39.4 Å². The van der Waals surface area contributed by atoms with Crippen LogP contribution in [0.4, 0.5) is 10.5 Å². The van der Waals surface area contributed by atoms with Crippen LogP contribution in [0.25, 0.3) is 0 Å². The Morgan fingerprint density at radius 2 is 1.77 bits per heavy atom. The fourth-order valence-electron chi connectivity index (χ4n) is 3.42. The van der Waals surface area contributed by atoms with Crippen LogP contribution in [-0.2, 0) is 14.3 Å². The molecule has 1 aromatic rings. The van der Waals surface area contributed by atoms with Crippen LogP contribution in [0.15, 0.2) is 24.3 Å². The zero-order chi connectivity index (χ0) is 22.6. The molecule has 0 bridgehead atoms. The molecule has 1 unspecified atom stereocenters. The largest absolute Gasteiger partial charge is 0.469 e. The highest BCUT2D eigenvalue weighted by Gasteiger charge is 2.22. The number of anilines is 1. The van der Waals surface area contributed by atoms with Gasteiger partial charge in [-0.3, -0.25) is 14.5 Å². The van der Waals surface area contributed by atoms with Gasteiger partial charge in [-0.15, -0.1) is 0 Å². The van der Waals surface area contributed by atoms with E-state index >= 15 is 0 Å². The van der Waals surface area contributed by atoms with E-state index in [1.807, 2.05) is 0 Å². The minimum Gasteiger partial charge on any atom is -0.469 e. The van der Waals surface area contributed by atoms with Crippen molar-refractivity contribution < 1.29 is 23.9 Å². The van der Waals surface area contributed by atoms with Crippen molar-refractivity contribution in [2.45, 2.75) is 32.7 Å². The number of morpholine rings is 1. The van der Waals surface area contributed by atoms with E-state index in [-0.39, 0.29) is 36.9 Å². The van der Waals surface area contributed by atoms with Crippen LogP contribution in [-0.4, -0.2) is 75.4 Å². The summed E-state index contributed by atoms with van der Waals surface area (Å²) < 4.78 is 9.97. The van der Waals surface area contributed by atoms with E-state index in [0.717, 1.165) is 32.7 Å². The number of ether oxygens (including phenoxy) is 2. The zero-order valence-corrected chi connectivity index (χ0v) is 18.6. The minimum absolute atomic E-state index is 0.115. The molecule has 1 fully saturated rings. The first kappa shape index (κ1) is 24.6. The molecule has 1 heterocycles. The molecule has 172 valence electrons. The molecule has 1 saturated heterocycles. The van der Waals surface area contributed by atoms with Gasteiger partial charge in [0, 0.05) is 43.5 Å². The second kappa shape index (κ2) is 12.9. The molecule has 2 rings (SSSR count). The monoisotopic (exact) mass is 434 g/mol. The number of carbonyl (C=O) groups is 3. The van der Waals surface area contributed by atoms with Crippen molar-refractivity contribution in [1.82, 2.24) is 15.5 Å². The lowest BCUT2D eigenvalue weighted by Gasteiger charge is -2.35. The number of methoxy groups -OCH3 is 1. The molecule has 3 N–H and O–H groups in total. The van der Waals surface area contributed by atoms with Crippen LogP contribution in [0.3, 0.4) is 0 Å². The highest BCUT2D eigenvalue weighted by atomic mass is 16.5. The predicted octanol–water partition coefficient (Wildman–Crippen LogP) is 1.85. The molecule has 1 aromatic carbocycles. The number of urea groups is 1. The van der Waals surface area contributed by atoms with Crippen LogP contribution in [0, 0.1) is 5.92 Å². The van der Waals surface area contributed by atoms with Crippen molar-refractivity contribution in [2.75, 3.05) is 51.8 Å². The lowest BCUT2D eigenvalue weighted by Crippen LogP contribution is -2.49. The molecule has 0 aromatic heterocycles. The standard InChI is InChI=1S/C22H34N4O5/c1-16(2)14-19(26-10-12-31-13-11-26)15-24-22(29)25-18-6-4-17(5-7-18)21(28)23-9-8-20(27)30-3/h4-7,16,19H,8-15H2,1-3H3,(H,23,28)(H2,24,25,29). The maximum atomic E-state index is 12.3. The van der Waals surface area contributed by atoms with Gasteiger partial charge in [-0.1, -0.05) is 13.8 Å². The number of carbonyl (C=O) groups excluding carboxylic acids is 3. The average molecular weight is 435 g/mol. The zero-order valence-electron chi connectivity index (χ0n) is 18.6. The summed E-state index contributed by atoms with van der Waals surface area (Å²) in [5.74, 6) is -0.138. The number of hydrogen-bond acceptors (Lipinski definition) is 6. The number of rotatable bonds is 10. The first-order valence-electron chi connectivity index (χ1n) is 10.7. The van der Waals surface area contributed by atoms with Gasteiger partial charge in [0.05, 0.1) is 26.7 Å². The molecule has 1 atom stereocenters. The third-order valence-corrected chi connectivity index (χ3v) is 5.05. The fraction of sp³-hybridized carbons (Fsp3) is 0.591. The average Bonchev–Trinajstić information content (AvgIpc) is 2.77. The third kappa shape index (κ3) is 8.94. The Morgan fingerprint density at radius 3 is 2.39 bits per heavy atom. The van der Waals surface area contributed by atoms with Crippen LogP contribution in [0.2, 0.25) is 0 Å². The van der Waals surface area contributed by atoms with Crippen LogP contribution >= 0.6 is 0 Å². The number of hydrogen-bond donors (Lipinski definition) is 3. The molecule has 3 amide bonds. The van der Waals surface area contributed by atoms with Gasteiger partial charge in [0.2, 0.25) is 0 Å². The highest BCUT2D eigenvalue weighted by Crippen LogP contribution is 2.13. The molecule has 0 radical (unpaired) electrons. The van der Waals surface area contributed by atoms with Crippen molar-refractivity contribution >= 4 is 23.6 Å². The first-order chi connectivity index (χ1) is 14.9. The highest BCUT2D eigenvalue weighted by molar-refractivity contribution is 5.95.